The number of rotatable bonds is 9. The zero-order valence-corrected chi connectivity index (χ0v) is 12.4. The largest absolute Gasteiger partial charge is 0.756 e. The summed E-state index contributed by atoms with van der Waals surface area (Å²) in [7, 11) is 1.38. The van der Waals surface area contributed by atoms with Gasteiger partial charge in [0.15, 0.2) is 0 Å². The summed E-state index contributed by atoms with van der Waals surface area (Å²) in [6, 6.07) is 0. The third kappa shape index (κ3) is 11.9. The zero-order valence-electron chi connectivity index (χ0n) is 11.5. The van der Waals surface area contributed by atoms with Crippen molar-refractivity contribution in [3.63, 3.8) is 0 Å². The number of hydrogen-bond donors (Lipinski definition) is 1. The summed E-state index contributed by atoms with van der Waals surface area (Å²) in [6.45, 7) is 3.31. The van der Waals surface area contributed by atoms with Crippen LogP contribution in [-0.2, 0) is 18.3 Å². The van der Waals surface area contributed by atoms with E-state index in [0.29, 0.717) is 11.0 Å². The fraction of sp³-hybridized carbons (Fsp3) is 0.700. The predicted molar refractivity (Wildman–Crippen MR) is 67.1 cm³/mol. The third-order valence-corrected chi connectivity index (χ3v) is 2.79. The summed E-state index contributed by atoms with van der Waals surface area (Å²) in [6.07, 6.45) is 0.417. The van der Waals surface area contributed by atoms with E-state index in [1.807, 2.05) is 21.1 Å². The van der Waals surface area contributed by atoms with Crippen molar-refractivity contribution in [3.8, 4) is 0 Å². The second kappa shape index (κ2) is 8.29. The summed E-state index contributed by atoms with van der Waals surface area (Å²) in [5.41, 5.74) is 0. The van der Waals surface area contributed by atoms with Gasteiger partial charge in [0.25, 0.3) is 7.82 Å². The first kappa shape index (κ1) is 18.1. The number of amides is 1. The molecule has 1 N–H and O–H groups in total. The van der Waals surface area contributed by atoms with Crippen molar-refractivity contribution < 1.29 is 32.5 Å². The number of alkyl carbamates (subject to hydrolysis) is 1. The number of hydrogen-bond acceptors (Lipinski definition) is 6. The molecule has 0 heterocycles. The van der Waals surface area contributed by atoms with E-state index in [-0.39, 0.29) is 19.8 Å². The zero-order chi connectivity index (χ0) is 14.9. The number of quaternary nitrogens is 1. The number of phosphoric ester groups is 1. The van der Waals surface area contributed by atoms with Gasteiger partial charge in [0.05, 0.1) is 27.7 Å². The minimum absolute atomic E-state index is 0.0298. The van der Waals surface area contributed by atoms with Gasteiger partial charge in [0.2, 0.25) is 0 Å². The Labute approximate surface area is 113 Å². The monoisotopic (exact) mass is 296 g/mol. The van der Waals surface area contributed by atoms with Crippen molar-refractivity contribution in [2.24, 2.45) is 0 Å². The molecule has 0 aliphatic heterocycles. The summed E-state index contributed by atoms with van der Waals surface area (Å²) in [5.74, 6) is 0. The van der Waals surface area contributed by atoms with Crippen molar-refractivity contribution in [3.05, 3.63) is 12.8 Å². The quantitative estimate of drug-likeness (QED) is 0.367. The number of carbonyl (C=O) groups excluding carboxylic acids is 1. The van der Waals surface area contributed by atoms with Crippen molar-refractivity contribution in [2.75, 3.05) is 47.5 Å². The topological polar surface area (TPSA) is 96.9 Å². The Morgan fingerprint density at radius 1 is 1.32 bits per heavy atom. The molecule has 1 amide bonds. The van der Waals surface area contributed by atoms with E-state index >= 15 is 0 Å². The summed E-state index contributed by atoms with van der Waals surface area (Å²) < 4.78 is 25.6. The fourth-order valence-corrected chi connectivity index (χ4v) is 1.55. The Morgan fingerprint density at radius 2 is 1.89 bits per heavy atom. The molecule has 0 radical (unpaired) electrons. The van der Waals surface area contributed by atoms with E-state index < -0.39 is 13.9 Å². The Kier molecular flexibility index (Phi) is 7.89. The van der Waals surface area contributed by atoms with Crippen molar-refractivity contribution >= 4 is 13.9 Å². The fourth-order valence-electron chi connectivity index (χ4n) is 0.872. The van der Waals surface area contributed by atoms with Crippen LogP contribution in [0.15, 0.2) is 12.8 Å². The Morgan fingerprint density at radius 3 is 2.42 bits per heavy atom. The molecule has 0 aliphatic carbocycles. The average molecular weight is 296 g/mol. The van der Waals surface area contributed by atoms with Crippen LogP contribution in [0.3, 0.4) is 0 Å². The molecule has 19 heavy (non-hydrogen) atoms. The second-order valence-corrected chi connectivity index (χ2v) is 6.02. The molecule has 0 aliphatic rings. The lowest BCUT2D eigenvalue weighted by molar-refractivity contribution is -0.870. The van der Waals surface area contributed by atoms with Gasteiger partial charge < -0.3 is 23.2 Å². The molecule has 0 aromatic carbocycles. The molecule has 8 nitrogen and oxygen atoms in total. The minimum atomic E-state index is -4.35. The first-order valence-electron chi connectivity index (χ1n) is 5.61. The van der Waals surface area contributed by atoms with Gasteiger partial charge in [0.1, 0.15) is 19.8 Å². The highest BCUT2D eigenvalue weighted by atomic mass is 31.2. The summed E-state index contributed by atoms with van der Waals surface area (Å²) >= 11 is 0. The van der Waals surface area contributed by atoms with Crippen LogP contribution in [-0.4, -0.2) is 58.1 Å². The molecule has 0 bridgehead atoms. The molecule has 0 aromatic heterocycles. The molecule has 9 heteroatoms. The van der Waals surface area contributed by atoms with Crippen LogP contribution in [0.1, 0.15) is 0 Å². The molecule has 0 saturated heterocycles. The van der Waals surface area contributed by atoms with Gasteiger partial charge in [-0.2, -0.15) is 0 Å². The van der Waals surface area contributed by atoms with Crippen molar-refractivity contribution in [1.82, 2.24) is 5.32 Å². The van der Waals surface area contributed by atoms with E-state index in [1.165, 1.54) is 0 Å². The number of nitrogens with one attached hydrogen (secondary N) is 1. The molecule has 112 valence electrons. The van der Waals surface area contributed by atoms with Crippen molar-refractivity contribution in [1.29, 1.82) is 0 Å². The van der Waals surface area contributed by atoms with Gasteiger partial charge in [-0.3, -0.25) is 9.88 Å². The first-order valence-corrected chi connectivity index (χ1v) is 7.07. The lowest BCUT2D eigenvalue weighted by Crippen LogP contribution is -2.37. The second-order valence-electron chi connectivity index (χ2n) is 4.61. The summed E-state index contributed by atoms with van der Waals surface area (Å²) in [5, 5.41) is 2.16. The van der Waals surface area contributed by atoms with Crippen LogP contribution < -0.4 is 10.2 Å². The molecule has 1 unspecified atom stereocenters. The van der Waals surface area contributed by atoms with E-state index in [0.717, 1.165) is 6.20 Å². The maximum absolute atomic E-state index is 11.3. The SMILES string of the molecule is C=CNC(=O)OCCOP(=O)([O-])OCC[N+](C)(C)C. The predicted octanol–water partition coefficient (Wildman–Crippen LogP) is 0.0639. The van der Waals surface area contributed by atoms with Crippen LogP contribution in [0.25, 0.3) is 0 Å². The molecule has 0 rings (SSSR count). The van der Waals surface area contributed by atoms with E-state index in [9.17, 15) is 14.3 Å². The first-order chi connectivity index (χ1) is 8.66. The van der Waals surface area contributed by atoms with Gasteiger partial charge in [0, 0.05) is 0 Å². The Bertz CT molecular complexity index is 341. The van der Waals surface area contributed by atoms with Crippen LogP contribution in [0, 0.1) is 0 Å². The lowest BCUT2D eigenvalue weighted by atomic mass is 10.5. The normalized spacial score (nSPS) is 14.5. The number of phosphoric acid groups is 1. The van der Waals surface area contributed by atoms with Gasteiger partial charge in [-0.05, 0) is 6.20 Å². The number of likely N-dealkylation sites (N-methyl/N-ethyl adjacent to an activating group) is 1. The van der Waals surface area contributed by atoms with Gasteiger partial charge >= 0.3 is 6.09 Å². The molecule has 0 saturated carbocycles. The molecular weight excluding hydrogens is 275 g/mol. The average Bonchev–Trinajstić information content (AvgIpc) is 2.22. The van der Waals surface area contributed by atoms with Gasteiger partial charge in [-0.1, -0.05) is 6.58 Å². The molecule has 1 atom stereocenters. The van der Waals surface area contributed by atoms with E-state index in [1.54, 1.807) is 0 Å². The molecule has 0 fully saturated rings. The molecule has 0 spiro atoms. The molecule has 0 aromatic rings. The molecular formula is C10H21N2O6P. The van der Waals surface area contributed by atoms with Crippen molar-refractivity contribution in [2.45, 2.75) is 0 Å². The van der Waals surface area contributed by atoms with E-state index in [4.69, 9.17) is 0 Å². The number of ether oxygens (including phenoxy) is 1. The Balaban J connectivity index is 3.76. The summed E-state index contributed by atoms with van der Waals surface area (Å²) in [4.78, 5) is 22.1. The minimum Gasteiger partial charge on any atom is -0.756 e. The Hall–Kier alpha value is -0.920. The van der Waals surface area contributed by atoms with E-state index in [2.05, 4.69) is 25.7 Å². The highest BCUT2D eigenvalue weighted by Crippen LogP contribution is 2.37. The van der Waals surface area contributed by atoms with Crippen LogP contribution in [0.5, 0.6) is 0 Å². The maximum atomic E-state index is 11.3. The van der Waals surface area contributed by atoms with Crippen LogP contribution in [0.2, 0.25) is 0 Å². The van der Waals surface area contributed by atoms with Gasteiger partial charge in [-0.25, -0.2) is 4.79 Å². The smallest absolute Gasteiger partial charge is 0.411 e. The lowest BCUT2D eigenvalue weighted by Gasteiger charge is -2.27. The highest BCUT2D eigenvalue weighted by molar-refractivity contribution is 7.45. The van der Waals surface area contributed by atoms with Gasteiger partial charge in [-0.15, -0.1) is 0 Å². The standard InChI is InChI=1S/C10H21N2O6P/c1-5-11-10(13)16-8-9-18-19(14,15)17-7-6-12(2,3)4/h5H,1,6-9H2,2-4H3,(H-,11,13,14,15). The number of nitrogens with zero attached hydrogens (tertiary/aromatic N) is 1. The number of carbonyl (C=O) groups is 1. The van der Waals surface area contributed by atoms with Crippen LogP contribution in [0.4, 0.5) is 4.79 Å². The van der Waals surface area contributed by atoms with Crippen LogP contribution >= 0.6 is 7.82 Å². The highest BCUT2D eigenvalue weighted by Gasteiger charge is 2.13. The maximum Gasteiger partial charge on any atom is 0.411 e. The third-order valence-electron chi connectivity index (χ3n) is 1.80.